The number of hydrogen-bond donors (Lipinski definition) is 0. The number of thiazole rings is 1. The van der Waals surface area contributed by atoms with Crippen LogP contribution in [0.15, 0.2) is 23.9 Å². The van der Waals surface area contributed by atoms with Crippen molar-refractivity contribution >= 4 is 16.9 Å². The van der Waals surface area contributed by atoms with Gasteiger partial charge >= 0.3 is 0 Å². The van der Waals surface area contributed by atoms with Gasteiger partial charge in [0.05, 0.1) is 9.88 Å². The Labute approximate surface area is 83.8 Å². The first-order valence-electron chi connectivity index (χ1n) is 4.37. The lowest BCUT2D eigenvalue weighted by Gasteiger charge is -1.95. The van der Waals surface area contributed by atoms with Crippen LogP contribution in [-0.2, 0) is 0 Å². The Hall–Kier alpha value is -0.890. The topological polar surface area (TPSA) is 12.9 Å². The predicted octanol–water partition coefficient (Wildman–Crippen LogP) is 3.82. The van der Waals surface area contributed by atoms with Crippen LogP contribution in [0.5, 0.6) is 0 Å². The zero-order valence-corrected chi connectivity index (χ0v) is 9.40. The Balaban J connectivity index is 2.91. The summed E-state index contributed by atoms with van der Waals surface area (Å²) in [7, 11) is 0. The minimum atomic E-state index is 1.13. The van der Waals surface area contributed by atoms with Crippen LogP contribution < -0.4 is 0 Å². The molecule has 1 aromatic heterocycles. The van der Waals surface area contributed by atoms with Gasteiger partial charge in [0, 0.05) is 6.20 Å². The highest BCUT2D eigenvalue weighted by Gasteiger charge is 1.99. The van der Waals surface area contributed by atoms with Gasteiger partial charge < -0.3 is 0 Å². The highest BCUT2D eigenvalue weighted by atomic mass is 32.1. The van der Waals surface area contributed by atoms with E-state index >= 15 is 0 Å². The summed E-state index contributed by atoms with van der Waals surface area (Å²) in [4.78, 5) is 5.49. The molecule has 70 valence electrons. The molecular formula is C11H15NS. The number of nitrogens with zero attached hydrogens (tertiary/aromatic N) is 1. The molecule has 0 radical (unpaired) electrons. The molecule has 0 fully saturated rings. The second-order valence-electron chi connectivity index (χ2n) is 3.10. The molecule has 0 spiro atoms. The smallest absolute Gasteiger partial charge is 0.0900 e. The van der Waals surface area contributed by atoms with Crippen molar-refractivity contribution in [1.82, 2.24) is 4.98 Å². The van der Waals surface area contributed by atoms with E-state index in [0.717, 1.165) is 5.01 Å². The number of hydrogen-bond acceptors (Lipinski definition) is 2. The molecule has 0 unspecified atom stereocenters. The fourth-order valence-electron chi connectivity index (χ4n) is 1.04. The SMILES string of the molecule is C/C=C(C)\C=C(/C)c1cnc(C)s1. The number of aromatic nitrogens is 1. The first-order valence-corrected chi connectivity index (χ1v) is 5.19. The normalized spacial score (nSPS) is 13.5. The highest BCUT2D eigenvalue weighted by Crippen LogP contribution is 2.21. The molecule has 0 aliphatic rings. The molecule has 0 saturated carbocycles. The van der Waals surface area contributed by atoms with Gasteiger partial charge in [-0.05, 0) is 33.3 Å². The second kappa shape index (κ2) is 4.38. The van der Waals surface area contributed by atoms with E-state index in [4.69, 9.17) is 0 Å². The van der Waals surface area contributed by atoms with E-state index in [9.17, 15) is 0 Å². The maximum atomic E-state index is 4.23. The summed E-state index contributed by atoms with van der Waals surface area (Å²) >= 11 is 1.74. The molecule has 0 N–H and O–H groups in total. The Kier molecular flexibility index (Phi) is 3.43. The van der Waals surface area contributed by atoms with Crippen LogP contribution >= 0.6 is 11.3 Å². The van der Waals surface area contributed by atoms with E-state index in [2.05, 4.69) is 37.9 Å². The van der Waals surface area contributed by atoms with Crippen LogP contribution in [0, 0.1) is 6.92 Å². The Bertz CT molecular complexity index is 345. The van der Waals surface area contributed by atoms with Crippen molar-refractivity contribution in [1.29, 1.82) is 0 Å². The summed E-state index contributed by atoms with van der Waals surface area (Å²) in [5.74, 6) is 0. The third-order valence-corrected chi connectivity index (χ3v) is 2.96. The standard InChI is InChI=1S/C11H15NS/c1-5-8(2)6-9(3)11-7-12-10(4)13-11/h5-7H,1-4H3/b8-5-,9-6+. The number of allylic oxidation sites excluding steroid dienone is 4. The maximum Gasteiger partial charge on any atom is 0.0900 e. The van der Waals surface area contributed by atoms with Crippen molar-refractivity contribution in [3.8, 4) is 0 Å². The fraction of sp³-hybridized carbons (Fsp3) is 0.364. The summed E-state index contributed by atoms with van der Waals surface area (Å²) < 4.78 is 0. The highest BCUT2D eigenvalue weighted by molar-refractivity contribution is 7.12. The molecule has 0 saturated heterocycles. The minimum Gasteiger partial charge on any atom is -0.249 e. The van der Waals surface area contributed by atoms with Crippen molar-refractivity contribution in [2.24, 2.45) is 0 Å². The van der Waals surface area contributed by atoms with Crippen LogP contribution in [0.2, 0.25) is 0 Å². The zero-order valence-electron chi connectivity index (χ0n) is 8.59. The van der Waals surface area contributed by atoms with E-state index in [-0.39, 0.29) is 0 Å². The molecule has 0 atom stereocenters. The monoisotopic (exact) mass is 193 g/mol. The molecule has 1 rings (SSSR count). The Morgan fingerprint density at radius 1 is 1.46 bits per heavy atom. The van der Waals surface area contributed by atoms with E-state index in [1.807, 2.05) is 13.1 Å². The minimum absolute atomic E-state index is 1.13. The van der Waals surface area contributed by atoms with Crippen LogP contribution in [-0.4, -0.2) is 4.98 Å². The Morgan fingerprint density at radius 2 is 2.15 bits per heavy atom. The molecule has 0 amide bonds. The molecule has 1 heterocycles. The van der Waals surface area contributed by atoms with E-state index in [1.165, 1.54) is 16.0 Å². The third-order valence-electron chi connectivity index (χ3n) is 1.91. The molecule has 1 nitrogen and oxygen atoms in total. The number of aryl methyl sites for hydroxylation is 1. The van der Waals surface area contributed by atoms with Gasteiger partial charge in [0.2, 0.25) is 0 Å². The van der Waals surface area contributed by atoms with Gasteiger partial charge in [0.1, 0.15) is 0 Å². The third kappa shape index (κ3) is 2.81. The summed E-state index contributed by atoms with van der Waals surface area (Å²) in [6.07, 6.45) is 6.24. The van der Waals surface area contributed by atoms with Crippen LogP contribution in [0.3, 0.4) is 0 Å². The lowest BCUT2D eigenvalue weighted by molar-refractivity contribution is 1.29. The molecule has 0 aromatic carbocycles. The van der Waals surface area contributed by atoms with Gasteiger partial charge in [-0.1, -0.05) is 17.7 Å². The van der Waals surface area contributed by atoms with E-state index < -0.39 is 0 Å². The summed E-state index contributed by atoms with van der Waals surface area (Å²) in [5.41, 5.74) is 2.59. The van der Waals surface area contributed by atoms with Crippen LogP contribution in [0.1, 0.15) is 30.7 Å². The first kappa shape index (κ1) is 10.2. The number of rotatable bonds is 2. The Morgan fingerprint density at radius 3 is 2.62 bits per heavy atom. The van der Waals surface area contributed by atoms with Gasteiger partial charge in [-0.15, -0.1) is 11.3 Å². The molecule has 0 bridgehead atoms. The average molecular weight is 193 g/mol. The summed E-state index contributed by atoms with van der Waals surface area (Å²) in [6.45, 7) is 8.32. The van der Waals surface area contributed by atoms with Crippen molar-refractivity contribution in [2.75, 3.05) is 0 Å². The van der Waals surface area contributed by atoms with Crippen LogP contribution in [0.25, 0.3) is 5.57 Å². The molecular weight excluding hydrogens is 178 g/mol. The fourth-order valence-corrected chi connectivity index (χ4v) is 1.79. The van der Waals surface area contributed by atoms with Crippen molar-refractivity contribution in [3.05, 3.63) is 33.8 Å². The zero-order chi connectivity index (χ0) is 9.84. The maximum absolute atomic E-state index is 4.23. The van der Waals surface area contributed by atoms with Gasteiger partial charge in [0.25, 0.3) is 0 Å². The van der Waals surface area contributed by atoms with Crippen LogP contribution in [0.4, 0.5) is 0 Å². The van der Waals surface area contributed by atoms with Gasteiger partial charge in [0.15, 0.2) is 0 Å². The van der Waals surface area contributed by atoms with Crippen molar-refractivity contribution < 1.29 is 0 Å². The second-order valence-corrected chi connectivity index (χ2v) is 4.34. The summed E-state index contributed by atoms with van der Waals surface area (Å²) in [6, 6.07) is 0. The largest absolute Gasteiger partial charge is 0.249 e. The van der Waals surface area contributed by atoms with Crippen molar-refractivity contribution in [3.63, 3.8) is 0 Å². The predicted molar refractivity (Wildman–Crippen MR) is 59.9 cm³/mol. The van der Waals surface area contributed by atoms with Gasteiger partial charge in [-0.3, -0.25) is 0 Å². The first-order chi connectivity index (χ1) is 6.13. The summed E-state index contributed by atoms with van der Waals surface area (Å²) in [5, 5.41) is 1.13. The average Bonchev–Trinajstić information content (AvgIpc) is 2.51. The van der Waals surface area contributed by atoms with Gasteiger partial charge in [-0.25, -0.2) is 4.98 Å². The molecule has 0 aliphatic carbocycles. The molecule has 1 aromatic rings. The van der Waals surface area contributed by atoms with Crippen molar-refractivity contribution in [2.45, 2.75) is 27.7 Å². The van der Waals surface area contributed by atoms with Gasteiger partial charge in [-0.2, -0.15) is 0 Å². The molecule has 0 aliphatic heterocycles. The molecule has 2 heteroatoms. The molecule has 13 heavy (non-hydrogen) atoms. The lowest BCUT2D eigenvalue weighted by atomic mass is 10.2. The van der Waals surface area contributed by atoms with E-state index in [0.29, 0.717) is 0 Å². The lowest BCUT2D eigenvalue weighted by Crippen LogP contribution is -1.73. The van der Waals surface area contributed by atoms with E-state index in [1.54, 1.807) is 11.3 Å². The quantitative estimate of drug-likeness (QED) is 0.651.